The van der Waals surface area contributed by atoms with Gasteiger partial charge in [0.15, 0.2) is 0 Å². The average Bonchev–Trinajstić information content (AvgIpc) is 2.63. The normalized spacial score (nSPS) is 22.1. The van der Waals surface area contributed by atoms with Crippen LogP contribution in [0.2, 0.25) is 0 Å². The van der Waals surface area contributed by atoms with Gasteiger partial charge in [0.05, 0.1) is 0 Å². The van der Waals surface area contributed by atoms with Crippen molar-refractivity contribution < 1.29 is 4.39 Å². The Bertz CT molecular complexity index is 417. The second-order valence-electron chi connectivity index (χ2n) is 5.68. The molecular weight excluding hydrogens is 239 g/mol. The Morgan fingerprint density at radius 2 is 2.16 bits per heavy atom. The molecule has 2 N–H and O–H groups in total. The molecule has 0 aliphatic carbocycles. The minimum Gasteiger partial charge on any atom is -0.371 e. The first-order chi connectivity index (χ1) is 9.11. The lowest BCUT2D eigenvalue weighted by Gasteiger charge is -2.27. The third-order valence-electron chi connectivity index (χ3n) is 4.25. The van der Waals surface area contributed by atoms with Gasteiger partial charge in [-0.25, -0.2) is 4.39 Å². The summed E-state index contributed by atoms with van der Waals surface area (Å²) in [6, 6.07) is 4.89. The first-order valence-corrected chi connectivity index (χ1v) is 7.41. The molecule has 2 rings (SSSR count). The van der Waals surface area contributed by atoms with Crippen LogP contribution < -0.4 is 10.6 Å². The Balaban J connectivity index is 2.21. The van der Waals surface area contributed by atoms with Crippen molar-refractivity contribution >= 4 is 5.69 Å². The number of hydrogen-bond donors (Lipinski definition) is 1. The number of nitrogens with zero attached hydrogens (tertiary/aromatic N) is 1. The first-order valence-electron chi connectivity index (χ1n) is 7.41. The van der Waals surface area contributed by atoms with E-state index < -0.39 is 0 Å². The largest absolute Gasteiger partial charge is 0.371 e. The SMILES string of the molecule is CCC1CCCN(c2ccc(F)cc2C(C)N)CC1. The predicted molar refractivity (Wildman–Crippen MR) is 78.8 cm³/mol. The van der Waals surface area contributed by atoms with Gasteiger partial charge in [0.25, 0.3) is 0 Å². The zero-order valence-electron chi connectivity index (χ0n) is 12.0. The van der Waals surface area contributed by atoms with Crippen molar-refractivity contribution in [2.45, 2.75) is 45.6 Å². The molecule has 0 radical (unpaired) electrons. The van der Waals surface area contributed by atoms with E-state index in [9.17, 15) is 4.39 Å². The van der Waals surface area contributed by atoms with Gasteiger partial charge in [-0.05, 0) is 55.9 Å². The number of nitrogens with two attached hydrogens (primary N) is 1. The van der Waals surface area contributed by atoms with Crippen molar-refractivity contribution in [3.05, 3.63) is 29.6 Å². The standard InChI is InChI=1S/C16H25FN2/c1-3-13-5-4-9-19(10-8-13)16-7-6-14(17)11-15(16)12(2)18/h6-7,11-13H,3-5,8-10,18H2,1-2H3. The Morgan fingerprint density at radius 1 is 1.37 bits per heavy atom. The Morgan fingerprint density at radius 3 is 2.84 bits per heavy atom. The quantitative estimate of drug-likeness (QED) is 0.898. The van der Waals surface area contributed by atoms with Crippen LogP contribution >= 0.6 is 0 Å². The third kappa shape index (κ3) is 3.47. The molecule has 1 saturated heterocycles. The molecule has 2 unspecified atom stereocenters. The summed E-state index contributed by atoms with van der Waals surface area (Å²) < 4.78 is 13.4. The van der Waals surface area contributed by atoms with Crippen molar-refractivity contribution in [1.82, 2.24) is 0 Å². The van der Waals surface area contributed by atoms with Crippen LogP contribution in [0.3, 0.4) is 0 Å². The van der Waals surface area contributed by atoms with E-state index in [1.807, 2.05) is 13.0 Å². The smallest absolute Gasteiger partial charge is 0.123 e. The van der Waals surface area contributed by atoms with Crippen LogP contribution in [-0.2, 0) is 0 Å². The monoisotopic (exact) mass is 264 g/mol. The van der Waals surface area contributed by atoms with Gasteiger partial charge >= 0.3 is 0 Å². The fourth-order valence-corrected chi connectivity index (χ4v) is 2.99. The molecule has 0 saturated carbocycles. The van der Waals surface area contributed by atoms with Gasteiger partial charge in [0.2, 0.25) is 0 Å². The summed E-state index contributed by atoms with van der Waals surface area (Å²) in [5, 5.41) is 0. The molecular formula is C16H25FN2. The maximum Gasteiger partial charge on any atom is 0.123 e. The molecule has 0 aromatic heterocycles. The van der Waals surface area contributed by atoms with Gasteiger partial charge in [0.1, 0.15) is 5.82 Å². The second kappa shape index (κ2) is 6.38. The summed E-state index contributed by atoms with van der Waals surface area (Å²) in [6.45, 7) is 6.31. The Hall–Kier alpha value is -1.09. The topological polar surface area (TPSA) is 29.3 Å². The van der Waals surface area contributed by atoms with Crippen molar-refractivity contribution in [3.63, 3.8) is 0 Å². The van der Waals surface area contributed by atoms with Crippen molar-refractivity contribution in [2.75, 3.05) is 18.0 Å². The van der Waals surface area contributed by atoms with E-state index in [4.69, 9.17) is 5.73 Å². The molecule has 106 valence electrons. The molecule has 0 spiro atoms. The number of benzene rings is 1. The van der Waals surface area contributed by atoms with E-state index in [2.05, 4.69) is 11.8 Å². The van der Waals surface area contributed by atoms with E-state index in [-0.39, 0.29) is 11.9 Å². The molecule has 1 aromatic carbocycles. The van der Waals surface area contributed by atoms with Crippen molar-refractivity contribution in [2.24, 2.45) is 11.7 Å². The number of hydrogen-bond acceptors (Lipinski definition) is 2. The van der Waals surface area contributed by atoms with Crippen LogP contribution in [0.15, 0.2) is 18.2 Å². The van der Waals surface area contributed by atoms with E-state index in [1.54, 1.807) is 12.1 Å². The van der Waals surface area contributed by atoms with Crippen molar-refractivity contribution in [1.29, 1.82) is 0 Å². The summed E-state index contributed by atoms with van der Waals surface area (Å²) in [5.41, 5.74) is 8.03. The number of rotatable bonds is 3. The van der Waals surface area contributed by atoms with Crippen LogP contribution in [0.5, 0.6) is 0 Å². The molecule has 1 aromatic rings. The lowest BCUT2D eigenvalue weighted by Crippen LogP contribution is -2.26. The van der Waals surface area contributed by atoms with Gasteiger partial charge < -0.3 is 10.6 Å². The van der Waals surface area contributed by atoms with Crippen LogP contribution in [0.4, 0.5) is 10.1 Å². The molecule has 2 nitrogen and oxygen atoms in total. The third-order valence-corrected chi connectivity index (χ3v) is 4.25. The van der Waals surface area contributed by atoms with Crippen LogP contribution in [-0.4, -0.2) is 13.1 Å². The zero-order valence-corrected chi connectivity index (χ0v) is 12.0. The fraction of sp³-hybridized carbons (Fsp3) is 0.625. The van der Waals surface area contributed by atoms with Crippen molar-refractivity contribution in [3.8, 4) is 0 Å². The Labute approximate surface area is 115 Å². The average molecular weight is 264 g/mol. The lowest BCUT2D eigenvalue weighted by molar-refractivity contribution is 0.459. The van der Waals surface area contributed by atoms with Gasteiger partial charge in [-0.3, -0.25) is 0 Å². The molecule has 1 aliphatic rings. The highest BCUT2D eigenvalue weighted by Crippen LogP contribution is 2.30. The number of anilines is 1. The van der Waals surface area contributed by atoms with Gasteiger partial charge in [-0.2, -0.15) is 0 Å². The number of halogens is 1. The maximum absolute atomic E-state index is 13.4. The highest BCUT2D eigenvalue weighted by Gasteiger charge is 2.19. The molecule has 1 fully saturated rings. The van der Waals surface area contributed by atoms with Crippen LogP contribution in [0, 0.1) is 11.7 Å². The highest BCUT2D eigenvalue weighted by molar-refractivity contribution is 5.55. The molecule has 2 atom stereocenters. The van der Waals surface area contributed by atoms with E-state index in [0.29, 0.717) is 0 Å². The zero-order chi connectivity index (χ0) is 13.8. The molecule has 0 bridgehead atoms. The molecule has 1 heterocycles. The summed E-state index contributed by atoms with van der Waals surface area (Å²) in [6.07, 6.45) is 5.01. The van der Waals surface area contributed by atoms with Crippen LogP contribution in [0.1, 0.15) is 51.1 Å². The molecule has 1 aliphatic heterocycles. The van der Waals surface area contributed by atoms with Gasteiger partial charge in [0, 0.05) is 24.8 Å². The summed E-state index contributed by atoms with van der Waals surface area (Å²) in [4.78, 5) is 2.38. The van der Waals surface area contributed by atoms with Crippen LogP contribution in [0.25, 0.3) is 0 Å². The predicted octanol–water partition coefficient (Wildman–Crippen LogP) is 3.86. The van der Waals surface area contributed by atoms with E-state index >= 15 is 0 Å². The molecule has 19 heavy (non-hydrogen) atoms. The van der Waals surface area contributed by atoms with Gasteiger partial charge in [-0.15, -0.1) is 0 Å². The summed E-state index contributed by atoms with van der Waals surface area (Å²) >= 11 is 0. The maximum atomic E-state index is 13.4. The minimum atomic E-state index is -0.197. The fourth-order valence-electron chi connectivity index (χ4n) is 2.99. The molecule has 0 amide bonds. The molecule has 3 heteroatoms. The highest BCUT2D eigenvalue weighted by atomic mass is 19.1. The Kier molecular flexibility index (Phi) is 4.81. The second-order valence-corrected chi connectivity index (χ2v) is 5.68. The van der Waals surface area contributed by atoms with E-state index in [1.165, 1.54) is 25.7 Å². The first kappa shape index (κ1) is 14.3. The minimum absolute atomic E-state index is 0.129. The summed E-state index contributed by atoms with van der Waals surface area (Å²) in [7, 11) is 0. The van der Waals surface area contributed by atoms with Gasteiger partial charge in [-0.1, -0.05) is 13.3 Å². The lowest BCUT2D eigenvalue weighted by atomic mass is 9.98. The summed E-state index contributed by atoms with van der Waals surface area (Å²) in [5.74, 6) is 0.640. The van der Waals surface area contributed by atoms with E-state index in [0.717, 1.165) is 30.3 Å².